The molecule has 0 radical (unpaired) electrons. The summed E-state index contributed by atoms with van der Waals surface area (Å²) in [4.78, 5) is 23.0. The number of hydrogen-bond acceptors (Lipinski definition) is 4. The van der Waals surface area contributed by atoms with Crippen molar-refractivity contribution in [3.8, 4) is 0 Å². The van der Waals surface area contributed by atoms with Gasteiger partial charge >= 0.3 is 0 Å². The SMILES string of the molecule is CN(CCCn1cccn1)C(=O)CCCc1cc(C=NC2CC2)ccn1. The van der Waals surface area contributed by atoms with E-state index in [1.165, 1.54) is 12.8 Å². The van der Waals surface area contributed by atoms with Crippen molar-refractivity contribution in [1.82, 2.24) is 19.7 Å². The molecule has 0 bridgehead atoms. The van der Waals surface area contributed by atoms with Crippen molar-refractivity contribution in [2.45, 2.75) is 51.1 Å². The van der Waals surface area contributed by atoms with Gasteiger partial charge in [0, 0.05) is 57.1 Å². The third-order valence-corrected chi connectivity index (χ3v) is 4.51. The Morgan fingerprint density at radius 1 is 1.38 bits per heavy atom. The molecule has 26 heavy (non-hydrogen) atoms. The zero-order chi connectivity index (χ0) is 18.2. The molecule has 0 aliphatic heterocycles. The second-order valence-electron chi connectivity index (χ2n) is 6.88. The summed E-state index contributed by atoms with van der Waals surface area (Å²) in [5, 5.41) is 4.17. The monoisotopic (exact) mass is 353 g/mol. The van der Waals surface area contributed by atoms with Crippen LogP contribution in [0, 0.1) is 0 Å². The Labute approximate surface area is 155 Å². The molecule has 2 aromatic rings. The molecule has 138 valence electrons. The number of aliphatic imine (C=N–C) groups is 1. The number of rotatable bonds is 10. The predicted molar refractivity (Wildman–Crippen MR) is 102 cm³/mol. The van der Waals surface area contributed by atoms with Crippen LogP contribution in [0.5, 0.6) is 0 Å². The van der Waals surface area contributed by atoms with Gasteiger partial charge in [-0.25, -0.2) is 0 Å². The Bertz CT molecular complexity index is 722. The molecule has 0 saturated heterocycles. The molecule has 6 nitrogen and oxygen atoms in total. The second kappa shape index (κ2) is 9.27. The summed E-state index contributed by atoms with van der Waals surface area (Å²) in [6.45, 7) is 1.59. The summed E-state index contributed by atoms with van der Waals surface area (Å²) in [6, 6.07) is 6.50. The van der Waals surface area contributed by atoms with Crippen molar-refractivity contribution in [2.75, 3.05) is 13.6 Å². The summed E-state index contributed by atoms with van der Waals surface area (Å²) < 4.78 is 1.89. The lowest BCUT2D eigenvalue weighted by molar-refractivity contribution is -0.130. The Morgan fingerprint density at radius 2 is 2.27 bits per heavy atom. The first kappa shape index (κ1) is 18.3. The van der Waals surface area contributed by atoms with Crippen LogP contribution < -0.4 is 0 Å². The van der Waals surface area contributed by atoms with Gasteiger partial charge in [0.25, 0.3) is 0 Å². The minimum absolute atomic E-state index is 0.192. The number of carbonyl (C=O) groups excluding carboxylic acids is 1. The van der Waals surface area contributed by atoms with Gasteiger partial charge in [-0.3, -0.25) is 19.5 Å². The lowest BCUT2D eigenvalue weighted by Crippen LogP contribution is -2.28. The minimum Gasteiger partial charge on any atom is -0.346 e. The second-order valence-corrected chi connectivity index (χ2v) is 6.88. The largest absolute Gasteiger partial charge is 0.346 e. The molecule has 0 aromatic carbocycles. The molecule has 0 spiro atoms. The molecule has 1 aliphatic carbocycles. The summed E-state index contributed by atoms with van der Waals surface area (Å²) in [5.74, 6) is 0.192. The molecular weight excluding hydrogens is 326 g/mol. The number of carbonyl (C=O) groups is 1. The Morgan fingerprint density at radius 3 is 3.04 bits per heavy atom. The van der Waals surface area contributed by atoms with Crippen molar-refractivity contribution < 1.29 is 4.79 Å². The fourth-order valence-electron chi connectivity index (χ4n) is 2.77. The first-order chi connectivity index (χ1) is 12.7. The molecule has 2 aromatic heterocycles. The van der Waals surface area contributed by atoms with E-state index in [1.54, 1.807) is 6.20 Å². The number of hydrogen-bond donors (Lipinski definition) is 0. The zero-order valence-electron chi connectivity index (χ0n) is 15.4. The van der Waals surface area contributed by atoms with E-state index in [1.807, 2.05) is 47.4 Å². The van der Waals surface area contributed by atoms with Crippen LogP contribution in [0.15, 0.2) is 41.8 Å². The number of aryl methyl sites for hydroxylation is 2. The molecule has 0 unspecified atom stereocenters. The maximum atomic E-state index is 12.2. The highest BCUT2D eigenvalue weighted by Gasteiger charge is 2.18. The molecule has 3 rings (SSSR count). The molecule has 1 fully saturated rings. The summed E-state index contributed by atoms with van der Waals surface area (Å²) >= 11 is 0. The van der Waals surface area contributed by atoms with Crippen molar-refractivity contribution in [1.29, 1.82) is 0 Å². The normalized spacial score (nSPS) is 14.0. The van der Waals surface area contributed by atoms with Gasteiger partial charge in [-0.2, -0.15) is 5.10 Å². The van der Waals surface area contributed by atoms with E-state index in [2.05, 4.69) is 21.1 Å². The highest BCUT2D eigenvalue weighted by atomic mass is 16.2. The quantitative estimate of drug-likeness (QED) is 0.617. The van der Waals surface area contributed by atoms with Gasteiger partial charge in [0.05, 0.1) is 6.04 Å². The van der Waals surface area contributed by atoms with Crippen LogP contribution in [0.3, 0.4) is 0 Å². The van der Waals surface area contributed by atoms with Gasteiger partial charge in [-0.15, -0.1) is 0 Å². The Kier molecular flexibility index (Phi) is 6.52. The van der Waals surface area contributed by atoms with E-state index in [9.17, 15) is 4.79 Å². The fourth-order valence-corrected chi connectivity index (χ4v) is 2.77. The van der Waals surface area contributed by atoms with Crippen LogP contribution in [-0.2, 0) is 17.8 Å². The third kappa shape index (κ3) is 6.10. The molecule has 1 saturated carbocycles. The lowest BCUT2D eigenvalue weighted by Gasteiger charge is -2.17. The zero-order valence-corrected chi connectivity index (χ0v) is 15.4. The average molecular weight is 353 g/mol. The van der Waals surface area contributed by atoms with Gasteiger partial charge < -0.3 is 4.90 Å². The average Bonchev–Trinajstić information content (AvgIpc) is 3.34. The van der Waals surface area contributed by atoms with E-state index >= 15 is 0 Å². The van der Waals surface area contributed by atoms with Crippen molar-refractivity contribution in [3.05, 3.63) is 48.0 Å². The van der Waals surface area contributed by atoms with Crippen LogP contribution in [0.25, 0.3) is 0 Å². The minimum atomic E-state index is 0.192. The van der Waals surface area contributed by atoms with E-state index in [0.717, 1.165) is 43.6 Å². The van der Waals surface area contributed by atoms with E-state index in [0.29, 0.717) is 12.5 Å². The summed E-state index contributed by atoms with van der Waals surface area (Å²) in [6.07, 6.45) is 13.0. The van der Waals surface area contributed by atoms with Crippen molar-refractivity contribution >= 4 is 12.1 Å². The topological polar surface area (TPSA) is 63.4 Å². The molecule has 0 atom stereocenters. The summed E-state index contributed by atoms with van der Waals surface area (Å²) in [7, 11) is 1.87. The maximum absolute atomic E-state index is 12.2. The lowest BCUT2D eigenvalue weighted by atomic mass is 10.1. The van der Waals surface area contributed by atoms with E-state index in [4.69, 9.17) is 0 Å². The van der Waals surface area contributed by atoms with Gasteiger partial charge in [0.15, 0.2) is 0 Å². The standard InChI is InChI=1S/C20H27N5O/c1-24(12-4-14-25-13-3-10-23-25)20(26)6-2-5-19-15-17(9-11-21-19)16-22-18-7-8-18/h3,9-11,13,15-16,18H,2,4-8,12,14H2,1H3. The predicted octanol–water partition coefficient (Wildman–Crippen LogP) is 2.73. The molecule has 6 heteroatoms. The van der Waals surface area contributed by atoms with Gasteiger partial charge in [-0.05, 0) is 55.9 Å². The van der Waals surface area contributed by atoms with Crippen LogP contribution in [0.2, 0.25) is 0 Å². The molecule has 2 heterocycles. The Balaban J connectivity index is 1.35. The highest BCUT2D eigenvalue weighted by Crippen LogP contribution is 2.23. The number of aromatic nitrogens is 3. The van der Waals surface area contributed by atoms with Crippen LogP contribution >= 0.6 is 0 Å². The maximum Gasteiger partial charge on any atom is 0.222 e. The number of nitrogens with zero attached hydrogens (tertiary/aromatic N) is 5. The number of pyridine rings is 1. The van der Waals surface area contributed by atoms with Gasteiger partial charge in [0.2, 0.25) is 5.91 Å². The molecule has 1 amide bonds. The van der Waals surface area contributed by atoms with Gasteiger partial charge in [0.1, 0.15) is 0 Å². The third-order valence-electron chi connectivity index (χ3n) is 4.51. The van der Waals surface area contributed by atoms with Gasteiger partial charge in [-0.1, -0.05) is 0 Å². The van der Waals surface area contributed by atoms with E-state index < -0.39 is 0 Å². The Hall–Kier alpha value is -2.50. The van der Waals surface area contributed by atoms with Crippen LogP contribution in [0.1, 0.15) is 43.4 Å². The summed E-state index contributed by atoms with van der Waals surface area (Å²) in [5.41, 5.74) is 2.13. The van der Waals surface area contributed by atoms with Crippen molar-refractivity contribution in [2.24, 2.45) is 4.99 Å². The fraction of sp³-hybridized carbons (Fsp3) is 0.500. The van der Waals surface area contributed by atoms with E-state index in [-0.39, 0.29) is 5.91 Å². The molecular formula is C20H27N5O. The van der Waals surface area contributed by atoms with Crippen LogP contribution in [-0.4, -0.2) is 51.4 Å². The smallest absolute Gasteiger partial charge is 0.222 e. The number of amides is 1. The molecule has 1 aliphatic rings. The first-order valence-corrected chi connectivity index (χ1v) is 9.40. The van der Waals surface area contributed by atoms with Crippen LogP contribution in [0.4, 0.5) is 0 Å². The molecule has 0 N–H and O–H groups in total. The first-order valence-electron chi connectivity index (χ1n) is 9.40. The highest BCUT2D eigenvalue weighted by molar-refractivity contribution is 5.79. The van der Waals surface area contributed by atoms with Crippen molar-refractivity contribution in [3.63, 3.8) is 0 Å².